The monoisotopic (exact) mass is 366 g/mol. The fourth-order valence-electron chi connectivity index (χ4n) is 3.76. The first-order valence-electron chi connectivity index (χ1n) is 10.5. The fraction of sp³-hybridized carbons (Fsp3) is 0.500. The summed E-state index contributed by atoms with van der Waals surface area (Å²) in [6, 6.07) is 21.1. The lowest BCUT2D eigenvalue weighted by Gasteiger charge is -2.35. The molecule has 1 aliphatic heterocycles. The summed E-state index contributed by atoms with van der Waals surface area (Å²) in [5.41, 5.74) is 2.45. The molecule has 0 aliphatic carbocycles. The Bertz CT molecular complexity index is 584. The van der Waals surface area contributed by atoms with Crippen LogP contribution in [-0.2, 0) is 4.74 Å². The number of ether oxygens (including phenoxy) is 1. The van der Waals surface area contributed by atoms with Crippen molar-refractivity contribution in [1.29, 1.82) is 0 Å². The summed E-state index contributed by atoms with van der Waals surface area (Å²) >= 11 is 0. The average molecular weight is 367 g/mol. The van der Waals surface area contributed by atoms with Crippen LogP contribution in [-0.4, -0.2) is 55.7 Å². The highest BCUT2D eigenvalue weighted by atomic mass is 16.5. The van der Waals surface area contributed by atoms with E-state index in [2.05, 4.69) is 77.4 Å². The van der Waals surface area contributed by atoms with Crippen molar-refractivity contribution in [3.05, 3.63) is 71.8 Å². The SMILES string of the molecule is CCCCCN1CCN(CCOC(c2ccccc2)c2ccccc2)CC1. The second kappa shape index (κ2) is 11.2. The maximum Gasteiger partial charge on any atom is 0.108 e. The maximum atomic E-state index is 6.37. The quantitative estimate of drug-likeness (QED) is 0.572. The Labute approximate surface area is 164 Å². The second-order valence-corrected chi connectivity index (χ2v) is 7.46. The number of nitrogens with zero attached hydrogens (tertiary/aromatic N) is 2. The highest BCUT2D eigenvalue weighted by molar-refractivity contribution is 5.29. The minimum absolute atomic E-state index is 0.0164. The Kier molecular flexibility index (Phi) is 8.34. The molecule has 2 aromatic rings. The van der Waals surface area contributed by atoms with Crippen LogP contribution in [0.15, 0.2) is 60.7 Å². The van der Waals surface area contributed by atoms with Crippen molar-refractivity contribution in [3.63, 3.8) is 0 Å². The zero-order chi connectivity index (χ0) is 18.7. The molecular formula is C24H34N2O. The molecule has 27 heavy (non-hydrogen) atoms. The van der Waals surface area contributed by atoms with Gasteiger partial charge in [0.05, 0.1) is 6.61 Å². The standard InChI is InChI=1S/C24H34N2O/c1-2-3-10-15-25-16-18-26(19-17-25)20-21-27-24(22-11-6-4-7-12-22)23-13-8-5-9-14-23/h4-9,11-14,24H,2-3,10,15-21H2,1H3. The fourth-order valence-corrected chi connectivity index (χ4v) is 3.76. The highest BCUT2D eigenvalue weighted by Gasteiger charge is 2.18. The molecule has 3 heteroatoms. The number of piperazine rings is 1. The van der Waals surface area contributed by atoms with Gasteiger partial charge >= 0.3 is 0 Å². The second-order valence-electron chi connectivity index (χ2n) is 7.46. The highest BCUT2D eigenvalue weighted by Crippen LogP contribution is 2.25. The van der Waals surface area contributed by atoms with Crippen LogP contribution in [0.2, 0.25) is 0 Å². The first-order valence-corrected chi connectivity index (χ1v) is 10.5. The van der Waals surface area contributed by atoms with Crippen LogP contribution in [0, 0.1) is 0 Å². The summed E-state index contributed by atoms with van der Waals surface area (Å²) in [6.07, 6.45) is 4.02. The van der Waals surface area contributed by atoms with Crippen molar-refractivity contribution in [2.24, 2.45) is 0 Å². The Morgan fingerprint density at radius 3 is 1.78 bits per heavy atom. The molecule has 0 atom stereocenters. The molecule has 0 bridgehead atoms. The van der Waals surface area contributed by atoms with Crippen LogP contribution in [0.25, 0.3) is 0 Å². The molecule has 0 unspecified atom stereocenters. The maximum absolute atomic E-state index is 6.37. The molecular weight excluding hydrogens is 332 g/mol. The lowest BCUT2D eigenvalue weighted by molar-refractivity contribution is 0.0451. The number of benzene rings is 2. The summed E-state index contributed by atoms with van der Waals surface area (Å²) in [5.74, 6) is 0. The largest absolute Gasteiger partial charge is 0.367 e. The van der Waals surface area contributed by atoms with Crippen molar-refractivity contribution in [2.45, 2.75) is 32.3 Å². The van der Waals surface area contributed by atoms with Gasteiger partial charge < -0.3 is 9.64 Å². The Morgan fingerprint density at radius 1 is 0.741 bits per heavy atom. The van der Waals surface area contributed by atoms with Gasteiger partial charge in [0.1, 0.15) is 6.10 Å². The molecule has 0 amide bonds. The number of hydrogen-bond donors (Lipinski definition) is 0. The van der Waals surface area contributed by atoms with Gasteiger partial charge in [-0.3, -0.25) is 4.90 Å². The molecule has 1 saturated heterocycles. The van der Waals surface area contributed by atoms with E-state index in [-0.39, 0.29) is 6.10 Å². The molecule has 1 aliphatic rings. The number of unbranched alkanes of at least 4 members (excludes halogenated alkanes) is 2. The van der Waals surface area contributed by atoms with E-state index in [0.29, 0.717) is 0 Å². The first-order chi connectivity index (χ1) is 13.4. The third kappa shape index (κ3) is 6.46. The summed E-state index contributed by atoms with van der Waals surface area (Å²) in [6.45, 7) is 10.0. The molecule has 2 aromatic carbocycles. The predicted molar refractivity (Wildman–Crippen MR) is 113 cm³/mol. The Balaban J connectivity index is 1.46. The van der Waals surface area contributed by atoms with Crippen LogP contribution in [0.5, 0.6) is 0 Å². The van der Waals surface area contributed by atoms with Crippen molar-refractivity contribution < 1.29 is 4.74 Å². The van der Waals surface area contributed by atoms with Crippen molar-refractivity contribution in [3.8, 4) is 0 Å². The normalized spacial score (nSPS) is 16.1. The lowest BCUT2D eigenvalue weighted by Crippen LogP contribution is -2.47. The van der Waals surface area contributed by atoms with Crippen molar-refractivity contribution >= 4 is 0 Å². The molecule has 3 rings (SSSR count). The van der Waals surface area contributed by atoms with E-state index in [1.165, 1.54) is 50.0 Å². The van der Waals surface area contributed by atoms with Crippen LogP contribution >= 0.6 is 0 Å². The number of rotatable bonds is 10. The van der Waals surface area contributed by atoms with E-state index in [4.69, 9.17) is 4.74 Å². The smallest absolute Gasteiger partial charge is 0.108 e. The van der Waals surface area contributed by atoms with Crippen LogP contribution in [0.4, 0.5) is 0 Å². The third-order valence-electron chi connectivity index (χ3n) is 5.44. The molecule has 3 nitrogen and oxygen atoms in total. The van der Waals surface area contributed by atoms with Gasteiger partial charge in [0, 0.05) is 32.7 Å². The van der Waals surface area contributed by atoms with Crippen LogP contribution in [0.3, 0.4) is 0 Å². The van der Waals surface area contributed by atoms with Gasteiger partial charge in [-0.05, 0) is 24.1 Å². The van der Waals surface area contributed by atoms with Gasteiger partial charge in [0.2, 0.25) is 0 Å². The predicted octanol–water partition coefficient (Wildman–Crippen LogP) is 4.60. The summed E-state index contributed by atoms with van der Waals surface area (Å²) in [7, 11) is 0. The van der Waals surface area contributed by atoms with Crippen LogP contribution in [0.1, 0.15) is 43.4 Å². The Morgan fingerprint density at radius 2 is 1.26 bits per heavy atom. The molecule has 0 radical (unpaired) electrons. The zero-order valence-corrected chi connectivity index (χ0v) is 16.7. The van der Waals surface area contributed by atoms with Gasteiger partial charge in [-0.2, -0.15) is 0 Å². The summed E-state index contributed by atoms with van der Waals surface area (Å²) in [5, 5.41) is 0. The lowest BCUT2D eigenvalue weighted by atomic mass is 10.0. The van der Waals surface area contributed by atoms with Gasteiger partial charge in [-0.15, -0.1) is 0 Å². The summed E-state index contributed by atoms with van der Waals surface area (Å²) < 4.78 is 6.37. The zero-order valence-electron chi connectivity index (χ0n) is 16.7. The minimum Gasteiger partial charge on any atom is -0.367 e. The van der Waals surface area contributed by atoms with Crippen LogP contribution < -0.4 is 0 Å². The third-order valence-corrected chi connectivity index (χ3v) is 5.44. The van der Waals surface area contributed by atoms with E-state index >= 15 is 0 Å². The van der Waals surface area contributed by atoms with Gasteiger partial charge in [-0.1, -0.05) is 80.4 Å². The molecule has 1 heterocycles. The molecule has 1 fully saturated rings. The van der Waals surface area contributed by atoms with E-state index in [9.17, 15) is 0 Å². The molecule has 0 N–H and O–H groups in total. The average Bonchev–Trinajstić information content (AvgIpc) is 2.74. The molecule has 146 valence electrons. The molecule has 0 saturated carbocycles. The first kappa shape index (κ1) is 20.1. The van der Waals surface area contributed by atoms with E-state index in [1.54, 1.807) is 0 Å². The topological polar surface area (TPSA) is 15.7 Å². The van der Waals surface area contributed by atoms with E-state index < -0.39 is 0 Å². The van der Waals surface area contributed by atoms with Gasteiger partial charge in [-0.25, -0.2) is 0 Å². The molecule has 0 aromatic heterocycles. The Hall–Kier alpha value is -1.68. The molecule has 0 spiro atoms. The van der Waals surface area contributed by atoms with Gasteiger partial charge in [0.25, 0.3) is 0 Å². The number of hydrogen-bond acceptors (Lipinski definition) is 3. The summed E-state index contributed by atoms with van der Waals surface area (Å²) in [4.78, 5) is 5.16. The van der Waals surface area contributed by atoms with Gasteiger partial charge in [0.15, 0.2) is 0 Å². The minimum atomic E-state index is 0.0164. The van der Waals surface area contributed by atoms with Crippen molar-refractivity contribution in [2.75, 3.05) is 45.9 Å². The van der Waals surface area contributed by atoms with E-state index in [1.807, 2.05) is 0 Å². The van der Waals surface area contributed by atoms with E-state index in [0.717, 1.165) is 26.2 Å². The van der Waals surface area contributed by atoms with Crippen molar-refractivity contribution in [1.82, 2.24) is 9.80 Å².